The smallest absolute Gasteiger partial charge is 0.242 e. The molecule has 29 heavy (non-hydrogen) atoms. The van der Waals surface area contributed by atoms with Gasteiger partial charge in [-0.25, -0.2) is 10.0 Å². The molecule has 0 saturated heterocycles. The van der Waals surface area contributed by atoms with E-state index < -0.39 is 0 Å². The first-order chi connectivity index (χ1) is 13.9. The molecule has 1 amide bonds. The fraction of sp³-hybridized carbons (Fsp3) is 0.304. The maximum Gasteiger partial charge on any atom is 0.242 e. The van der Waals surface area contributed by atoms with Gasteiger partial charge in [0.25, 0.3) is 0 Å². The van der Waals surface area contributed by atoms with Gasteiger partial charge < -0.3 is 0 Å². The monoisotopic (exact) mass is 428 g/mol. The first-order valence-corrected chi connectivity index (χ1v) is 10.4. The number of ketones is 1. The van der Waals surface area contributed by atoms with Crippen LogP contribution >= 0.6 is 23.2 Å². The lowest BCUT2D eigenvalue weighted by molar-refractivity contribution is -0.143. The number of hydrogen-bond acceptors (Lipinski definition) is 3. The van der Waals surface area contributed by atoms with E-state index in [0.717, 1.165) is 16.8 Å². The number of hydrazine groups is 1. The molecule has 2 aromatic rings. The first kappa shape index (κ1) is 20.1. The van der Waals surface area contributed by atoms with E-state index in [4.69, 9.17) is 23.2 Å². The van der Waals surface area contributed by atoms with Crippen molar-refractivity contribution in [3.63, 3.8) is 0 Å². The quantitative estimate of drug-likeness (QED) is 0.675. The molecule has 6 heteroatoms. The van der Waals surface area contributed by atoms with E-state index >= 15 is 0 Å². The second kappa shape index (κ2) is 7.94. The zero-order valence-corrected chi connectivity index (χ0v) is 17.9. The van der Waals surface area contributed by atoms with E-state index in [1.165, 1.54) is 0 Å². The first-order valence-electron chi connectivity index (χ1n) is 9.63. The number of amides is 1. The SMILES string of the molecule is CN(C)N1C(=O)C[C@@H](c2cccc(Cl)c2Cl)C2=C1C[C@H](c1ccccc1)CC2=O. The average Bonchev–Trinajstić information content (AvgIpc) is 2.69. The molecule has 2 aliphatic rings. The Morgan fingerprint density at radius 1 is 0.931 bits per heavy atom. The van der Waals surface area contributed by atoms with Gasteiger partial charge in [0, 0.05) is 44.1 Å². The van der Waals surface area contributed by atoms with Crippen LogP contribution in [0.4, 0.5) is 0 Å². The average molecular weight is 429 g/mol. The van der Waals surface area contributed by atoms with Crippen molar-refractivity contribution in [1.29, 1.82) is 0 Å². The van der Waals surface area contributed by atoms with Crippen molar-refractivity contribution >= 4 is 34.9 Å². The van der Waals surface area contributed by atoms with Crippen LogP contribution in [0.1, 0.15) is 42.2 Å². The summed E-state index contributed by atoms with van der Waals surface area (Å²) in [5.74, 6) is -0.299. The molecular formula is C23H22Cl2N2O2. The predicted molar refractivity (Wildman–Crippen MR) is 115 cm³/mol. The van der Waals surface area contributed by atoms with Crippen LogP contribution in [-0.2, 0) is 9.59 Å². The van der Waals surface area contributed by atoms with E-state index in [9.17, 15) is 9.59 Å². The molecule has 0 unspecified atom stereocenters. The molecule has 2 atom stereocenters. The number of hydrogen-bond donors (Lipinski definition) is 0. The molecule has 1 aliphatic heterocycles. The van der Waals surface area contributed by atoms with Crippen molar-refractivity contribution < 1.29 is 9.59 Å². The topological polar surface area (TPSA) is 40.6 Å². The molecular weight excluding hydrogens is 407 g/mol. The number of carbonyl (C=O) groups excluding carboxylic acids is 2. The lowest BCUT2D eigenvalue weighted by Crippen LogP contribution is -2.48. The van der Waals surface area contributed by atoms with Gasteiger partial charge in [-0.05, 0) is 29.5 Å². The number of halogens is 2. The van der Waals surface area contributed by atoms with Crippen molar-refractivity contribution in [2.24, 2.45) is 0 Å². The Labute approximate surface area is 180 Å². The molecule has 2 aromatic carbocycles. The second-order valence-corrected chi connectivity index (χ2v) is 8.54. The van der Waals surface area contributed by atoms with Crippen molar-refractivity contribution in [2.75, 3.05) is 14.1 Å². The van der Waals surface area contributed by atoms with E-state index in [0.29, 0.717) is 28.5 Å². The Hall–Kier alpha value is -2.14. The van der Waals surface area contributed by atoms with Crippen LogP contribution in [0, 0.1) is 0 Å². The molecule has 0 spiro atoms. The van der Waals surface area contributed by atoms with Gasteiger partial charge in [0.05, 0.1) is 10.0 Å². The maximum atomic E-state index is 13.4. The van der Waals surface area contributed by atoms with Crippen molar-refractivity contribution in [1.82, 2.24) is 10.0 Å². The summed E-state index contributed by atoms with van der Waals surface area (Å²) >= 11 is 12.7. The highest BCUT2D eigenvalue weighted by Gasteiger charge is 2.43. The predicted octanol–water partition coefficient (Wildman–Crippen LogP) is 5.19. The minimum Gasteiger partial charge on any atom is -0.294 e. The highest BCUT2D eigenvalue weighted by atomic mass is 35.5. The second-order valence-electron chi connectivity index (χ2n) is 7.75. The molecule has 0 bridgehead atoms. The molecule has 1 aliphatic carbocycles. The Balaban J connectivity index is 1.85. The Kier molecular flexibility index (Phi) is 5.52. The summed E-state index contributed by atoms with van der Waals surface area (Å²) in [7, 11) is 3.65. The van der Waals surface area contributed by atoms with Gasteiger partial charge in [0.15, 0.2) is 5.78 Å². The van der Waals surface area contributed by atoms with Gasteiger partial charge in [0.2, 0.25) is 5.91 Å². The lowest BCUT2D eigenvalue weighted by atomic mass is 9.73. The minimum atomic E-state index is -0.371. The molecule has 0 radical (unpaired) electrons. The summed E-state index contributed by atoms with van der Waals surface area (Å²) in [6.45, 7) is 0. The summed E-state index contributed by atoms with van der Waals surface area (Å²) in [5, 5.41) is 4.25. The van der Waals surface area contributed by atoms with Crippen LogP contribution in [0.3, 0.4) is 0 Å². The summed E-state index contributed by atoms with van der Waals surface area (Å²) in [6.07, 6.45) is 1.25. The lowest BCUT2D eigenvalue weighted by Gasteiger charge is -2.42. The molecule has 150 valence electrons. The fourth-order valence-corrected chi connectivity index (χ4v) is 4.94. The molecule has 4 nitrogen and oxygen atoms in total. The number of Topliss-reactive ketones (excluding diaryl/α,β-unsaturated/α-hetero) is 1. The van der Waals surface area contributed by atoms with Gasteiger partial charge in [-0.3, -0.25) is 9.59 Å². The zero-order valence-electron chi connectivity index (χ0n) is 16.4. The van der Waals surface area contributed by atoms with Crippen LogP contribution < -0.4 is 0 Å². The summed E-state index contributed by atoms with van der Waals surface area (Å²) in [4.78, 5) is 26.5. The van der Waals surface area contributed by atoms with Crippen LogP contribution in [0.2, 0.25) is 10.0 Å². The highest BCUT2D eigenvalue weighted by Crippen LogP contribution is 2.47. The van der Waals surface area contributed by atoms with Crippen LogP contribution in [0.15, 0.2) is 59.8 Å². The Morgan fingerprint density at radius 2 is 1.66 bits per heavy atom. The number of carbonyl (C=O) groups is 2. The normalized spacial score (nSPS) is 22.3. The van der Waals surface area contributed by atoms with Crippen LogP contribution in [0.5, 0.6) is 0 Å². The van der Waals surface area contributed by atoms with Crippen LogP contribution in [-0.4, -0.2) is 35.8 Å². The third-order valence-electron chi connectivity index (χ3n) is 5.73. The molecule has 4 rings (SSSR count). The molecule has 0 saturated carbocycles. The van der Waals surface area contributed by atoms with E-state index in [1.54, 1.807) is 16.1 Å². The van der Waals surface area contributed by atoms with Gasteiger partial charge in [-0.2, -0.15) is 0 Å². The van der Waals surface area contributed by atoms with Crippen molar-refractivity contribution in [3.05, 3.63) is 81.0 Å². The molecule has 1 heterocycles. The Bertz CT molecular complexity index is 1000. The largest absolute Gasteiger partial charge is 0.294 e. The standard InChI is InChI=1S/C23H22Cl2N2O2/c1-26(2)27-19-11-15(14-7-4-3-5-8-14)12-20(28)22(19)17(13-21(27)29)16-9-6-10-18(24)23(16)25/h3-10,15,17H,11-13H2,1-2H3/t15-,17-/m0/s1. The number of benzene rings is 2. The van der Waals surface area contributed by atoms with E-state index in [-0.39, 0.29) is 29.9 Å². The van der Waals surface area contributed by atoms with Gasteiger partial charge in [0.1, 0.15) is 0 Å². The number of nitrogens with zero attached hydrogens (tertiary/aromatic N) is 2. The number of rotatable bonds is 3. The number of allylic oxidation sites excluding steroid dienone is 2. The van der Waals surface area contributed by atoms with Crippen molar-refractivity contribution in [3.8, 4) is 0 Å². The molecule has 0 N–H and O–H groups in total. The maximum absolute atomic E-state index is 13.4. The third kappa shape index (κ3) is 3.61. The highest BCUT2D eigenvalue weighted by molar-refractivity contribution is 6.42. The summed E-state index contributed by atoms with van der Waals surface area (Å²) < 4.78 is 0. The molecule has 0 aromatic heterocycles. The van der Waals surface area contributed by atoms with Gasteiger partial charge in [-0.1, -0.05) is 65.7 Å². The fourth-order valence-electron chi connectivity index (χ4n) is 4.50. The Morgan fingerprint density at radius 3 is 2.34 bits per heavy atom. The van der Waals surface area contributed by atoms with E-state index in [1.807, 2.05) is 56.6 Å². The van der Waals surface area contributed by atoms with Crippen molar-refractivity contribution in [2.45, 2.75) is 31.1 Å². The van der Waals surface area contributed by atoms with E-state index in [2.05, 4.69) is 0 Å². The van der Waals surface area contributed by atoms with Crippen LogP contribution in [0.25, 0.3) is 0 Å². The minimum absolute atomic E-state index is 0.0451. The summed E-state index contributed by atoms with van der Waals surface area (Å²) in [5.41, 5.74) is 3.32. The zero-order chi connectivity index (χ0) is 20.7. The summed E-state index contributed by atoms with van der Waals surface area (Å²) in [6, 6.07) is 15.4. The van der Waals surface area contributed by atoms with Gasteiger partial charge >= 0.3 is 0 Å². The third-order valence-corrected chi connectivity index (χ3v) is 6.56. The van der Waals surface area contributed by atoms with Gasteiger partial charge in [-0.15, -0.1) is 0 Å². The molecule has 0 fully saturated rings.